The average molecular weight is 291 g/mol. The average Bonchev–Trinajstić information content (AvgIpc) is 2.48. The molecule has 1 fully saturated rings. The molecule has 1 aromatic carbocycles. The maximum Gasteiger partial charge on any atom is 0.330 e. The molecule has 1 heterocycles. The molecule has 1 aromatic rings. The van der Waals surface area contributed by atoms with Crippen molar-refractivity contribution in [3.63, 3.8) is 0 Å². The number of nitrogens with one attached hydrogen (secondary N) is 1. The normalized spacial score (nSPS) is 19.8. The highest BCUT2D eigenvalue weighted by Gasteiger charge is 2.28. The SMILES string of the molecule is Cc1cccc(C(NC(=O)C2CCCOC2)C(=O)O)c1C. The van der Waals surface area contributed by atoms with Crippen molar-refractivity contribution in [3.8, 4) is 0 Å². The van der Waals surface area contributed by atoms with Crippen molar-refractivity contribution < 1.29 is 19.4 Å². The molecule has 2 N–H and O–H groups in total. The molecule has 5 nitrogen and oxygen atoms in total. The van der Waals surface area contributed by atoms with Gasteiger partial charge < -0.3 is 15.2 Å². The first kappa shape index (κ1) is 15.5. The lowest BCUT2D eigenvalue weighted by Gasteiger charge is -2.24. The van der Waals surface area contributed by atoms with Gasteiger partial charge in [-0.15, -0.1) is 0 Å². The first-order valence-corrected chi connectivity index (χ1v) is 7.17. The van der Waals surface area contributed by atoms with E-state index in [1.807, 2.05) is 26.0 Å². The molecule has 0 aliphatic carbocycles. The van der Waals surface area contributed by atoms with E-state index in [0.717, 1.165) is 24.0 Å². The Morgan fingerprint density at radius 2 is 2.14 bits per heavy atom. The van der Waals surface area contributed by atoms with E-state index in [4.69, 9.17) is 4.74 Å². The van der Waals surface area contributed by atoms with Crippen LogP contribution in [0.25, 0.3) is 0 Å². The highest BCUT2D eigenvalue weighted by molar-refractivity contribution is 5.86. The van der Waals surface area contributed by atoms with Gasteiger partial charge in [0.1, 0.15) is 0 Å². The standard InChI is InChI=1S/C16H21NO4/c1-10-5-3-7-13(11(10)2)14(16(19)20)17-15(18)12-6-4-8-21-9-12/h3,5,7,12,14H,4,6,8-9H2,1-2H3,(H,17,18)(H,19,20). The minimum atomic E-state index is -1.05. The number of carbonyl (C=O) groups is 2. The number of hydrogen-bond donors (Lipinski definition) is 2. The summed E-state index contributed by atoms with van der Waals surface area (Å²) in [5.74, 6) is -1.55. The summed E-state index contributed by atoms with van der Waals surface area (Å²) >= 11 is 0. The van der Waals surface area contributed by atoms with Crippen LogP contribution in [0.5, 0.6) is 0 Å². The van der Waals surface area contributed by atoms with Gasteiger partial charge in [-0.1, -0.05) is 18.2 Å². The number of hydrogen-bond acceptors (Lipinski definition) is 3. The van der Waals surface area contributed by atoms with E-state index in [9.17, 15) is 14.7 Å². The molecule has 2 rings (SSSR count). The molecule has 114 valence electrons. The fourth-order valence-corrected chi connectivity index (χ4v) is 2.57. The first-order chi connectivity index (χ1) is 10.0. The van der Waals surface area contributed by atoms with Crippen LogP contribution in [-0.4, -0.2) is 30.2 Å². The summed E-state index contributed by atoms with van der Waals surface area (Å²) in [5, 5.41) is 12.1. The van der Waals surface area contributed by atoms with Gasteiger partial charge in [0.2, 0.25) is 5.91 Å². The Morgan fingerprint density at radius 1 is 1.38 bits per heavy atom. The van der Waals surface area contributed by atoms with Gasteiger partial charge in [0, 0.05) is 6.61 Å². The van der Waals surface area contributed by atoms with Gasteiger partial charge in [-0.25, -0.2) is 4.79 Å². The second kappa shape index (κ2) is 6.72. The van der Waals surface area contributed by atoms with Gasteiger partial charge in [0.05, 0.1) is 12.5 Å². The van der Waals surface area contributed by atoms with Crippen LogP contribution in [0, 0.1) is 19.8 Å². The Balaban J connectivity index is 2.17. The van der Waals surface area contributed by atoms with Gasteiger partial charge in [0.15, 0.2) is 6.04 Å². The van der Waals surface area contributed by atoms with Crippen LogP contribution in [0.3, 0.4) is 0 Å². The molecule has 0 bridgehead atoms. The summed E-state index contributed by atoms with van der Waals surface area (Å²) in [4.78, 5) is 23.8. The topological polar surface area (TPSA) is 75.6 Å². The lowest BCUT2D eigenvalue weighted by molar-refractivity contribution is -0.143. The molecule has 2 unspecified atom stereocenters. The maximum absolute atomic E-state index is 12.2. The zero-order valence-electron chi connectivity index (χ0n) is 12.4. The van der Waals surface area contributed by atoms with E-state index in [-0.39, 0.29) is 11.8 Å². The molecule has 1 amide bonds. The third-order valence-electron chi connectivity index (χ3n) is 4.02. The molecule has 1 aliphatic heterocycles. The molecule has 1 saturated heterocycles. The summed E-state index contributed by atoms with van der Waals surface area (Å²) in [7, 11) is 0. The maximum atomic E-state index is 12.2. The summed E-state index contributed by atoms with van der Waals surface area (Å²) in [6, 6.07) is 4.47. The third kappa shape index (κ3) is 3.61. The van der Waals surface area contributed by atoms with Crippen LogP contribution >= 0.6 is 0 Å². The quantitative estimate of drug-likeness (QED) is 0.889. The largest absolute Gasteiger partial charge is 0.479 e. The minimum absolute atomic E-state index is 0.247. The summed E-state index contributed by atoms with van der Waals surface area (Å²) in [6.07, 6.45) is 1.57. The Hall–Kier alpha value is -1.88. The Morgan fingerprint density at radius 3 is 2.76 bits per heavy atom. The minimum Gasteiger partial charge on any atom is -0.479 e. The monoisotopic (exact) mass is 291 g/mol. The van der Waals surface area contributed by atoms with Crippen molar-refractivity contribution in [1.29, 1.82) is 0 Å². The molecule has 0 spiro atoms. The smallest absolute Gasteiger partial charge is 0.330 e. The molecule has 2 atom stereocenters. The van der Waals surface area contributed by atoms with Crippen molar-refractivity contribution in [3.05, 3.63) is 34.9 Å². The second-order valence-electron chi connectivity index (χ2n) is 5.48. The molecule has 0 radical (unpaired) electrons. The number of aliphatic carboxylic acids is 1. The van der Waals surface area contributed by atoms with E-state index in [0.29, 0.717) is 18.8 Å². The van der Waals surface area contributed by atoms with E-state index in [2.05, 4.69) is 5.32 Å². The second-order valence-corrected chi connectivity index (χ2v) is 5.48. The molecule has 1 aliphatic rings. The summed E-state index contributed by atoms with van der Waals surface area (Å²) in [6.45, 7) is 4.83. The predicted octanol–water partition coefficient (Wildman–Crippen LogP) is 1.97. The Labute approximate surface area is 124 Å². The number of carbonyl (C=O) groups excluding carboxylic acids is 1. The van der Waals surface area contributed by atoms with E-state index in [1.54, 1.807) is 6.07 Å². The van der Waals surface area contributed by atoms with Crippen LogP contribution in [-0.2, 0) is 14.3 Å². The summed E-state index contributed by atoms with van der Waals surface area (Å²) in [5.41, 5.74) is 2.53. The zero-order valence-corrected chi connectivity index (χ0v) is 12.4. The molecular formula is C16H21NO4. The Bertz CT molecular complexity index is 535. The number of carboxylic acids is 1. The zero-order chi connectivity index (χ0) is 15.4. The number of aryl methyl sites for hydroxylation is 1. The number of rotatable bonds is 4. The summed E-state index contributed by atoms with van der Waals surface area (Å²) < 4.78 is 5.29. The number of carboxylic acid groups (broad SMARTS) is 1. The van der Waals surface area contributed by atoms with Gasteiger partial charge in [-0.2, -0.15) is 0 Å². The van der Waals surface area contributed by atoms with Gasteiger partial charge in [-0.3, -0.25) is 4.79 Å². The molecule has 0 saturated carbocycles. The number of amides is 1. The third-order valence-corrected chi connectivity index (χ3v) is 4.02. The van der Waals surface area contributed by atoms with E-state index in [1.165, 1.54) is 0 Å². The van der Waals surface area contributed by atoms with Gasteiger partial charge in [-0.05, 0) is 43.4 Å². The predicted molar refractivity (Wildman–Crippen MR) is 78.0 cm³/mol. The highest BCUT2D eigenvalue weighted by atomic mass is 16.5. The van der Waals surface area contributed by atoms with Crippen molar-refractivity contribution in [1.82, 2.24) is 5.32 Å². The van der Waals surface area contributed by atoms with Crippen LogP contribution in [0.4, 0.5) is 0 Å². The fourth-order valence-electron chi connectivity index (χ4n) is 2.57. The fraction of sp³-hybridized carbons (Fsp3) is 0.500. The van der Waals surface area contributed by atoms with Crippen molar-refractivity contribution >= 4 is 11.9 Å². The van der Waals surface area contributed by atoms with Crippen molar-refractivity contribution in [2.45, 2.75) is 32.7 Å². The van der Waals surface area contributed by atoms with Crippen LogP contribution in [0.1, 0.15) is 35.6 Å². The van der Waals surface area contributed by atoms with E-state index >= 15 is 0 Å². The van der Waals surface area contributed by atoms with Crippen LogP contribution < -0.4 is 5.32 Å². The van der Waals surface area contributed by atoms with Crippen LogP contribution in [0.2, 0.25) is 0 Å². The number of benzene rings is 1. The van der Waals surface area contributed by atoms with Crippen molar-refractivity contribution in [2.24, 2.45) is 5.92 Å². The molecule has 21 heavy (non-hydrogen) atoms. The molecule has 5 heteroatoms. The molecule has 0 aromatic heterocycles. The Kier molecular flexibility index (Phi) is 4.96. The lowest BCUT2D eigenvalue weighted by atomic mass is 9.96. The molecular weight excluding hydrogens is 270 g/mol. The van der Waals surface area contributed by atoms with Crippen molar-refractivity contribution in [2.75, 3.05) is 13.2 Å². The van der Waals surface area contributed by atoms with E-state index < -0.39 is 12.0 Å². The number of ether oxygens (including phenoxy) is 1. The van der Waals surface area contributed by atoms with Gasteiger partial charge >= 0.3 is 5.97 Å². The van der Waals surface area contributed by atoms with Gasteiger partial charge in [0.25, 0.3) is 0 Å². The highest BCUT2D eigenvalue weighted by Crippen LogP contribution is 2.22. The first-order valence-electron chi connectivity index (χ1n) is 7.17. The van der Waals surface area contributed by atoms with Crippen LogP contribution in [0.15, 0.2) is 18.2 Å². The lowest BCUT2D eigenvalue weighted by Crippen LogP contribution is -2.40.